The predicted molar refractivity (Wildman–Crippen MR) is 31.2 cm³/mol. The molecule has 0 saturated carbocycles. The normalized spacial score (nSPS) is 41.6. The van der Waals surface area contributed by atoms with Crippen LogP contribution >= 0.6 is 0 Å². The lowest BCUT2D eigenvalue weighted by atomic mass is 10.1. The van der Waals surface area contributed by atoms with Crippen molar-refractivity contribution in [1.82, 2.24) is 5.32 Å². The molecule has 2 atom stereocenters. The van der Waals surface area contributed by atoms with Crippen LogP contribution in [0, 0.1) is 0 Å². The third-order valence-electron chi connectivity index (χ3n) is 1.95. The van der Waals surface area contributed by atoms with Gasteiger partial charge < -0.3 is 10.1 Å². The number of carbonyl (C=O) groups is 1. The van der Waals surface area contributed by atoms with Crippen molar-refractivity contribution in [3.8, 4) is 0 Å². The van der Waals surface area contributed by atoms with E-state index in [1.807, 2.05) is 0 Å². The van der Waals surface area contributed by atoms with Gasteiger partial charge in [-0.2, -0.15) is 0 Å². The Kier molecular flexibility index (Phi) is 1.07. The minimum Gasteiger partial charge on any atom is -0.368 e. The summed E-state index contributed by atoms with van der Waals surface area (Å²) in [5.41, 5.74) is 0. The molecule has 2 heterocycles. The summed E-state index contributed by atoms with van der Waals surface area (Å²) in [6.07, 6.45) is 1.19. The standard InChI is InChI=1S/C6H9NO2/c8-4-3-9-5-1-2-7-6(4)5/h5-7H,1-3H2/t5-,6-/m1/s1. The number of nitrogens with one attached hydrogen (secondary N) is 1. The average Bonchev–Trinajstić information content (AvgIpc) is 2.35. The Balaban J connectivity index is 2.15. The zero-order chi connectivity index (χ0) is 6.27. The van der Waals surface area contributed by atoms with E-state index in [0.29, 0.717) is 6.61 Å². The van der Waals surface area contributed by atoms with Gasteiger partial charge in [-0.25, -0.2) is 0 Å². The average molecular weight is 127 g/mol. The first-order chi connectivity index (χ1) is 4.38. The third-order valence-corrected chi connectivity index (χ3v) is 1.95. The number of ether oxygens (including phenoxy) is 1. The summed E-state index contributed by atoms with van der Waals surface area (Å²) >= 11 is 0. The number of rotatable bonds is 0. The highest BCUT2D eigenvalue weighted by Crippen LogP contribution is 2.17. The molecule has 3 heteroatoms. The summed E-state index contributed by atoms with van der Waals surface area (Å²) in [5.74, 6) is 0.220. The Morgan fingerprint density at radius 2 is 2.56 bits per heavy atom. The largest absolute Gasteiger partial charge is 0.368 e. The van der Waals surface area contributed by atoms with Gasteiger partial charge in [0, 0.05) is 0 Å². The molecule has 2 saturated heterocycles. The quantitative estimate of drug-likeness (QED) is 0.468. The molecular formula is C6H9NO2. The van der Waals surface area contributed by atoms with Crippen LogP contribution in [0.5, 0.6) is 0 Å². The van der Waals surface area contributed by atoms with Crippen LogP contribution in [0.3, 0.4) is 0 Å². The molecule has 2 fully saturated rings. The maximum atomic E-state index is 10.9. The van der Waals surface area contributed by atoms with Gasteiger partial charge >= 0.3 is 0 Å². The molecule has 0 aromatic heterocycles. The van der Waals surface area contributed by atoms with Crippen molar-refractivity contribution in [2.75, 3.05) is 13.2 Å². The summed E-state index contributed by atoms with van der Waals surface area (Å²) in [6, 6.07) is 0.0324. The highest BCUT2D eigenvalue weighted by Gasteiger charge is 2.38. The topological polar surface area (TPSA) is 38.3 Å². The predicted octanol–water partition coefficient (Wildman–Crippen LogP) is -0.684. The Bertz CT molecular complexity index is 146. The Morgan fingerprint density at radius 3 is 3.33 bits per heavy atom. The summed E-state index contributed by atoms with van der Waals surface area (Å²) in [5, 5.41) is 3.09. The van der Waals surface area contributed by atoms with E-state index >= 15 is 0 Å². The molecule has 50 valence electrons. The molecule has 0 bridgehead atoms. The second-order valence-electron chi connectivity index (χ2n) is 2.54. The number of carbonyl (C=O) groups excluding carboxylic acids is 1. The van der Waals surface area contributed by atoms with E-state index in [-0.39, 0.29) is 17.9 Å². The van der Waals surface area contributed by atoms with Crippen LogP contribution in [0.4, 0.5) is 0 Å². The van der Waals surface area contributed by atoms with Crippen LogP contribution in [0.2, 0.25) is 0 Å². The van der Waals surface area contributed by atoms with Gasteiger partial charge in [0.05, 0.1) is 12.1 Å². The van der Waals surface area contributed by atoms with Crippen molar-refractivity contribution in [2.24, 2.45) is 0 Å². The van der Waals surface area contributed by atoms with Crippen molar-refractivity contribution in [3.05, 3.63) is 0 Å². The Labute approximate surface area is 53.4 Å². The maximum Gasteiger partial charge on any atom is 0.177 e. The third kappa shape index (κ3) is 0.686. The summed E-state index contributed by atoms with van der Waals surface area (Å²) in [4.78, 5) is 10.9. The molecule has 9 heavy (non-hydrogen) atoms. The molecule has 2 aliphatic heterocycles. The highest BCUT2D eigenvalue weighted by molar-refractivity contribution is 5.87. The van der Waals surface area contributed by atoms with Crippen molar-refractivity contribution >= 4 is 5.78 Å². The van der Waals surface area contributed by atoms with Crippen molar-refractivity contribution in [3.63, 3.8) is 0 Å². The molecule has 1 N–H and O–H groups in total. The molecule has 0 radical (unpaired) electrons. The SMILES string of the molecule is O=C1CO[C@@H]2CCN[C@H]12. The van der Waals surface area contributed by atoms with Gasteiger partial charge in [0.15, 0.2) is 5.78 Å². The lowest BCUT2D eigenvalue weighted by Crippen LogP contribution is -2.32. The minimum absolute atomic E-state index is 0.0324. The fourth-order valence-corrected chi connectivity index (χ4v) is 1.46. The fraction of sp³-hybridized carbons (Fsp3) is 0.833. The first-order valence-corrected chi connectivity index (χ1v) is 3.25. The molecular weight excluding hydrogens is 118 g/mol. The van der Waals surface area contributed by atoms with E-state index in [1.54, 1.807) is 0 Å². The number of hydrogen-bond acceptors (Lipinski definition) is 3. The highest BCUT2D eigenvalue weighted by atomic mass is 16.5. The maximum absolute atomic E-state index is 10.9. The van der Waals surface area contributed by atoms with Crippen LogP contribution in [0.1, 0.15) is 6.42 Å². The summed E-state index contributed by atoms with van der Waals surface area (Å²) in [7, 11) is 0. The number of fused-ring (bicyclic) bond motifs is 1. The van der Waals surface area contributed by atoms with Crippen LogP contribution in [0.15, 0.2) is 0 Å². The second kappa shape index (κ2) is 1.78. The molecule has 0 unspecified atom stereocenters. The van der Waals surface area contributed by atoms with Crippen LogP contribution in [-0.4, -0.2) is 31.1 Å². The molecule has 0 spiro atoms. The zero-order valence-electron chi connectivity index (χ0n) is 5.09. The van der Waals surface area contributed by atoms with Gasteiger partial charge in [-0.3, -0.25) is 4.79 Å². The van der Waals surface area contributed by atoms with Crippen LogP contribution in [-0.2, 0) is 9.53 Å². The zero-order valence-corrected chi connectivity index (χ0v) is 5.09. The number of ketones is 1. The summed E-state index contributed by atoms with van der Waals surface area (Å²) in [6.45, 7) is 1.25. The van der Waals surface area contributed by atoms with E-state index in [1.165, 1.54) is 0 Å². The molecule has 0 aromatic carbocycles. The smallest absolute Gasteiger partial charge is 0.177 e. The van der Waals surface area contributed by atoms with E-state index in [2.05, 4.69) is 5.32 Å². The van der Waals surface area contributed by atoms with Crippen LogP contribution < -0.4 is 5.32 Å². The number of Topliss-reactive ketones (excluding diaryl/α,β-unsaturated/α-hetero) is 1. The van der Waals surface area contributed by atoms with Crippen molar-refractivity contribution < 1.29 is 9.53 Å². The van der Waals surface area contributed by atoms with Gasteiger partial charge in [-0.05, 0) is 13.0 Å². The molecule has 3 nitrogen and oxygen atoms in total. The monoisotopic (exact) mass is 127 g/mol. The van der Waals surface area contributed by atoms with E-state index in [9.17, 15) is 4.79 Å². The minimum atomic E-state index is 0.0324. The summed E-state index contributed by atoms with van der Waals surface area (Å²) < 4.78 is 5.18. The Hall–Kier alpha value is -0.410. The second-order valence-corrected chi connectivity index (χ2v) is 2.54. The lowest BCUT2D eigenvalue weighted by molar-refractivity contribution is -0.119. The van der Waals surface area contributed by atoms with E-state index < -0.39 is 0 Å². The van der Waals surface area contributed by atoms with E-state index in [0.717, 1.165) is 13.0 Å². The van der Waals surface area contributed by atoms with Gasteiger partial charge in [-0.1, -0.05) is 0 Å². The van der Waals surface area contributed by atoms with Gasteiger partial charge in [0.2, 0.25) is 0 Å². The fourth-order valence-electron chi connectivity index (χ4n) is 1.46. The van der Waals surface area contributed by atoms with Crippen molar-refractivity contribution in [1.29, 1.82) is 0 Å². The van der Waals surface area contributed by atoms with Crippen molar-refractivity contribution in [2.45, 2.75) is 18.6 Å². The van der Waals surface area contributed by atoms with E-state index in [4.69, 9.17) is 4.74 Å². The lowest BCUT2D eigenvalue weighted by Gasteiger charge is -2.02. The van der Waals surface area contributed by atoms with Crippen LogP contribution in [0.25, 0.3) is 0 Å². The number of hydrogen-bond donors (Lipinski definition) is 1. The first kappa shape index (κ1) is 5.38. The molecule has 2 aliphatic rings. The molecule has 0 aliphatic carbocycles. The van der Waals surface area contributed by atoms with Gasteiger partial charge in [0.1, 0.15) is 6.61 Å². The molecule has 0 amide bonds. The molecule has 2 rings (SSSR count). The first-order valence-electron chi connectivity index (χ1n) is 3.25. The molecule has 0 aromatic rings. The van der Waals surface area contributed by atoms with Gasteiger partial charge in [0.25, 0.3) is 0 Å². The Morgan fingerprint density at radius 1 is 1.67 bits per heavy atom. The van der Waals surface area contributed by atoms with Gasteiger partial charge in [-0.15, -0.1) is 0 Å².